The fourth-order valence-electron chi connectivity index (χ4n) is 2.97. The quantitative estimate of drug-likeness (QED) is 0.602. The molecule has 1 aromatic carbocycles. The van der Waals surface area contributed by atoms with Gasteiger partial charge in [0.2, 0.25) is 0 Å². The molecule has 0 spiro atoms. The predicted molar refractivity (Wildman–Crippen MR) is 67.8 cm³/mol. The molecule has 0 radical (unpaired) electrons. The minimum atomic E-state index is 0.430. The lowest BCUT2D eigenvalue weighted by atomic mass is 9.87. The molecule has 1 fully saturated rings. The number of nitrogens with one attached hydrogen (secondary N) is 1. The molecule has 1 aromatic rings. The van der Waals surface area contributed by atoms with Crippen molar-refractivity contribution in [3.8, 4) is 0 Å². The third-order valence-corrected chi connectivity index (χ3v) is 3.96. The fourth-order valence-corrected chi connectivity index (χ4v) is 2.97. The number of benzene rings is 1. The molecule has 16 heavy (non-hydrogen) atoms. The van der Waals surface area contributed by atoms with Gasteiger partial charge in [-0.2, -0.15) is 0 Å². The van der Waals surface area contributed by atoms with Gasteiger partial charge < -0.3 is 0 Å². The highest BCUT2D eigenvalue weighted by Gasteiger charge is 2.30. The number of hydrogen-bond donors (Lipinski definition) is 2. The van der Waals surface area contributed by atoms with E-state index in [-0.39, 0.29) is 0 Å². The Hall–Kier alpha value is -0.860. The molecular weight excluding hydrogens is 196 g/mol. The van der Waals surface area contributed by atoms with Crippen LogP contribution in [0, 0.1) is 11.8 Å². The predicted octanol–water partition coefficient (Wildman–Crippen LogP) is 2.50. The third kappa shape index (κ3) is 2.63. The van der Waals surface area contributed by atoms with E-state index < -0.39 is 0 Å². The molecule has 2 heteroatoms. The lowest BCUT2D eigenvalue weighted by Gasteiger charge is -2.26. The summed E-state index contributed by atoms with van der Waals surface area (Å²) >= 11 is 0. The van der Waals surface area contributed by atoms with Crippen LogP contribution in [0.3, 0.4) is 0 Å². The van der Waals surface area contributed by atoms with Crippen molar-refractivity contribution in [3.63, 3.8) is 0 Å². The molecule has 1 aliphatic carbocycles. The zero-order valence-corrected chi connectivity index (χ0v) is 10.0. The average Bonchev–Trinajstić information content (AvgIpc) is 2.74. The first kappa shape index (κ1) is 11.6. The van der Waals surface area contributed by atoms with Gasteiger partial charge in [0.05, 0.1) is 0 Å². The summed E-state index contributed by atoms with van der Waals surface area (Å²) in [5, 5.41) is 0. The van der Waals surface area contributed by atoms with Crippen molar-refractivity contribution < 1.29 is 0 Å². The second kappa shape index (κ2) is 5.46. The van der Waals surface area contributed by atoms with E-state index in [9.17, 15) is 0 Å². The maximum Gasteiger partial charge on any atom is 0.0281 e. The Bertz CT molecular complexity index is 310. The second-order valence-corrected chi connectivity index (χ2v) is 5.03. The highest BCUT2D eigenvalue weighted by molar-refractivity contribution is 5.16. The van der Waals surface area contributed by atoms with Crippen LogP contribution in [0.1, 0.15) is 31.7 Å². The van der Waals surface area contributed by atoms with Crippen LogP contribution in [-0.2, 0) is 6.42 Å². The fraction of sp³-hybridized carbons (Fsp3) is 0.571. The van der Waals surface area contributed by atoms with Crippen LogP contribution in [-0.4, -0.2) is 6.04 Å². The van der Waals surface area contributed by atoms with E-state index in [0.29, 0.717) is 6.04 Å². The number of nitrogens with two attached hydrogens (primary N) is 1. The van der Waals surface area contributed by atoms with Gasteiger partial charge in [-0.1, -0.05) is 50.1 Å². The molecule has 1 saturated carbocycles. The van der Waals surface area contributed by atoms with Gasteiger partial charge in [0.15, 0.2) is 0 Å². The van der Waals surface area contributed by atoms with E-state index in [1.54, 1.807) is 0 Å². The largest absolute Gasteiger partial charge is 0.271 e. The maximum atomic E-state index is 5.71. The number of hydrazine groups is 1. The highest BCUT2D eigenvalue weighted by atomic mass is 15.2. The molecule has 3 unspecified atom stereocenters. The molecule has 0 amide bonds. The van der Waals surface area contributed by atoms with Gasteiger partial charge in [0.25, 0.3) is 0 Å². The van der Waals surface area contributed by atoms with Crippen molar-refractivity contribution in [2.24, 2.45) is 17.7 Å². The van der Waals surface area contributed by atoms with E-state index in [2.05, 4.69) is 42.7 Å². The second-order valence-electron chi connectivity index (χ2n) is 5.03. The van der Waals surface area contributed by atoms with Crippen LogP contribution in [0.4, 0.5) is 0 Å². The summed E-state index contributed by atoms with van der Waals surface area (Å²) < 4.78 is 0. The van der Waals surface area contributed by atoms with Gasteiger partial charge in [-0.25, -0.2) is 0 Å². The summed E-state index contributed by atoms with van der Waals surface area (Å²) in [6.45, 7) is 2.35. The minimum absolute atomic E-state index is 0.430. The highest BCUT2D eigenvalue weighted by Crippen LogP contribution is 2.34. The van der Waals surface area contributed by atoms with E-state index in [0.717, 1.165) is 18.3 Å². The van der Waals surface area contributed by atoms with Crippen molar-refractivity contribution in [2.45, 2.75) is 38.6 Å². The molecule has 0 heterocycles. The lowest BCUT2D eigenvalue weighted by molar-refractivity contribution is 0.297. The zero-order valence-electron chi connectivity index (χ0n) is 10.0. The van der Waals surface area contributed by atoms with Crippen molar-refractivity contribution in [3.05, 3.63) is 35.9 Å². The van der Waals surface area contributed by atoms with Crippen molar-refractivity contribution >= 4 is 0 Å². The third-order valence-electron chi connectivity index (χ3n) is 3.96. The number of hydrogen-bond acceptors (Lipinski definition) is 2. The zero-order chi connectivity index (χ0) is 11.4. The SMILES string of the molecule is CC1CCCC1C(Cc1ccccc1)NN. The summed E-state index contributed by atoms with van der Waals surface area (Å²) in [6, 6.07) is 11.1. The Morgan fingerprint density at radius 1 is 1.31 bits per heavy atom. The summed E-state index contributed by atoms with van der Waals surface area (Å²) in [6.07, 6.45) is 5.09. The smallest absolute Gasteiger partial charge is 0.0281 e. The topological polar surface area (TPSA) is 38.0 Å². The molecule has 88 valence electrons. The van der Waals surface area contributed by atoms with Gasteiger partial charge in [-0.05, 0) is 30.2 Å². The average molecular weight is 218 g/mol. The normalized spacial score (nSPS) is 26.9. The molecule has 0 bridgehead atoms. The number of rotatable bonds is 4. The summed E-state index contributed by atoms with van der Waals surface area (Å²) in [7, 11) is 0. The van der Waals surface area contributed by atoms with Gasteiger partial charge in [-0.15, -0.1) is 0 Å². The maximum absolute atomic E-state index is 5.71. The summed E-state index contributed by atoms with van der Waals surface area (Å²) in [5.74, 6) is 7.26. The monoisotopic (exact) mass is 218 g/mol. The standard InChI is InChI=1S/C14H22N2/c1-11-6-5-9-13(11)14(16-15)10-12-7-3-2-4-8-12/h2-4,7-8,11,13-14,16H,5-6,9-10,15H2,1H3. The van der Waals surface area contributed by atoms with Crippen LogP contribution in [0.25, 0.3) is 0 Å². The van der Waals surface area contributed by atoms with Crippen LogP contribution >= 0.6 is 0 Å². The van der Waals surface area contributed by atoms with E-state index in [4.69, 9.17) is 5.84 Å². The minimum Gasteiger partial charge on any atom is -0.271 e. The first-order valence-electron chi connectivity index (χ1n) is 6.31. The van der Waals surface area contributed by atoms with Gasteiger partial charge in [0, 0.05) is 6.04 Å². The van der Waals surface area contributed by atoms with E-state index >= 15 is 0 Å². The molecule has 2 nitrogen and oxygen atoms in total. The summed E-state index contributed by atoms with van der Waals surface area (Å²) in [5.41, 5.74) is 4.40. The Morgan fingerprint density at radius 2 is 2.06 bits per heavy atom. The van der Waals surface area contributed by atoms with Crippen LogP contribution in [0.15, 0.2) is 30.3 Å². The van der Waals surface area contributed by atoms with Crippen molar-refractivity contribution in [1.82, 2.24) is 5.43 Å². The molecule has 2 rings (SSSR count). The van der Waals surface area contributed by atoms with Crippen LogP contribution < -0.4 is 11.3 Å². The van der Waals surface area contributed by atoms with E-state index in [1.165, 1.54) is 24.8 Å². The molecule has 0 aromatic heterocycles. The molecular formula is C14H22N2. The Kier molecular flexibility index (Phi) is 3.97. The Labute approximate surface area is 98.2 Å². The Morgan fingerprint density at radius 3 is 2.62 bits per heavy atom. The van der Waals surface area contributed by atoms with Gasteiger partial charge in [-0.3, -0.25) is 11.3 Å². The van der Waals surface area contributed by atoms with E-state index in [1.807, 2.05) is 0 Å². The molecule has 3 N–H and O–H groups in total. The van der Waals surface area contributed by atoms with Gasteiger partial charge >= 0.3 is 0 Å². The molecule has 0 aliphatic heterocycles. The molecule has 1 aliphatic rings. The van der Waals surface area contributed by atoms with Gasteiger partial charge in [0.1, 0.15) is 0 Å². The summed E-state index contributed by atoms with van der Waals surface area (Å²) in [4.78, 5) is 0. The first-order valence-corrected chi connectivity index (χ1v) is 6.31. The molecule has 3 atom stereocenters. The molecule has 0 saturated heterocycles. The lowest BCUT2D eigenvalue weighted by Crippen LogP contribution is -2.43. The van der Waals surface area contributed by atoms with Crippen molar-refractivity contribution in [1.29, 1.82) is 0 Å². The Balaban J connectivity index is 2.00. The van der Waals surface area contributed by atoms with Crippen molar-refractivity contribution in [2.75, 3.05) is 0 Å². The first-order chi connectivity index (χ1) is 7.81. The van der Waals surface area contributed by atoms with Crippen LogP contribution in [0.5, 0.6) is 0 Å². The van der Waals surface area contributed by atoms with Crippen LogP contribution in [0.2, 0.25) is 0 Å².